The van der Waals surface area contributed by atoms with Gasteiger partial charge in [-0.1, -0.05) is 6.07 Å². The van der Waals surface area contributed by atoms with E-state index in [1.165, 1.54) is 19.1 Å². The second-order valence-electron chi connectivity index (χ2n) is 4.40. The van der Waals surface area contributed by atoms with Crippen molar-refractivity contribution in [3.63, 3.8) is 0 Å². The molecule has 0 bridgehead atoms. The predicted molar refractivity (Wildman–Crippen MR) is 72.9 cm³/mol. The number of anilines is 1. The summed E-state index contributed by atoms with van der Waals surface area (Å²) in [5, 5.41) is 22.6. The quantitative estimate of drug-likeness (QED) is 0.595. The van der Waals surface area contributed by atoms with Gasteiger partial charge in [-0.25, -0.2) is 13.2 Å². The Bertz CT molecular complexity index is 640. The number of aromatic carboxylic acids is 1. The minimum absolute atomic E-state index is 0.0222. The molecule has 1 aromatic carbocycles. The maximum absolute atomic E-state index is 11.2. The first-order valence-electron chi connectivity index (χ1n) is 5.57. The first-order chi connectivity index (χ1) is 9.11. The lowest BCUT2D eigenvalue weighted by Gasteiger charge is -2.14. The van der Waals surface area contributed by atoms with Crippen molar-refractivity contribution in [2.75, 3.05) is 17.3 Å². The van der Waals surface area contributed by atoms with Crippen molar-refractivity contribution >= 4 is 27.2 Å². The minimum Gasteiger partial charge on any atom is -0.477 e. The number of nitrogens with one attached hydrogen (secondary N) is 1. The Labute approximate surface area is 115 Å². The van der Waals surface area contributed by atoms with Crippen molar-refractivity contribution in [2.45, 2.75) is 13.0 Å². The third-order valence-electron chi connectivity index (χ3n) is 2.40. The van der Waals surface area contributed by atoms with Gasteiger partial charge in [0.25, 0.3) is 0 Å². The van der Waals surface area contributed by atoms with Crippen LogP contribution in [0.25, 0.3) is 0 Å². The average Bonchev–Trinajstić information content (AvgIpc) is 2.25. The van der Waals surface area contributed by atoms with E-state index in [-0.39, 0.29) is 11.4 Å². The van der Waals surface area contributed by atoms with Crippen LogP contribution in [0.3, 0.4) is 0 Å². The third kappa shape index (κ3) is 4.19. The van der Waals surface area contributed by atoms with Gasteiger partial charge in [0.2, 0.25) is 0 Å². The molecule has 0 radical (unpaired) electrons. The summed E-state index contributed by atoms with van der Waals surface area (Å²) in [7, 11) is -3.25. The smallest absolute Gasteiger partial charge is 0.342 e. The summed E-state index contributed by atoms with van der Waals surface area (Å²) < 4.78 is 22.3. The van der Waals surface area contributed by atoms with Gasteiger partial charge in [-0.3, -0.25) is 10.1 Å². The first kappa shape index (κ1) is 15.9. The molecule has 0 fully saturated rings. The van der Waals surface area contributed by atoms with Crippen molar-refractivity contribution in [2.24, 2.45) is 0 Å². The van der Waals surface area contributed by atoms with Crippen LogP contribution in [-0.4, -0.2) is 42.5 Å². The third-order valence-corrected chi connectivity index (χ3v) is 3.51. The Hall–Kier alpha value is -2.16. The van der Waals surface area contributed by atoms with Crippen LogP contribution in [0.1, 0.15) is 17.3 Å². The molecule has 0 aliphatic carbocycles. The number of rotatable bonds is 6. The molecule has 1 atom stereocenters. The van der Waals surface area contributed by atoms with Crippen molar-refractivity contribution in [3.8, 4) is 0 Å². The molecule has 0 saturated carbocycles. The molecule has 9 heteroatoms. The zero-order chi connectivity index (χ0) is 15.5. The molecule has 0 saturated heterocycles. The standard InChI is InChI=1S/C11H14N2O6S/c1-7(6-20(2,18)19)12-9-5-3-4-8(11(14)15)10(9)13(16)17/h3-5,7,12H,6H2,1-2H3,(H,14,15). The van der Waals surface area contributed by atoms with Crippen LogP contribution >= 0.6 is 0 Å². The summed E-state index contributed by atoms with van der Waals surface area (Å²) in [6.45, 7) is 1.54. The highest BCUT2D eigenvalue weighted by Gasteiger charge is 2.25. The van der Waals surface area contributed by atoms with Crippen molar-refractivity contribution in [1.82, 2.24) is 0 Å². The number of sulfone groups is 1. The summed E-state index contributed by atoms with van der Waals surface area (Å²) >= 11 is 0. The Kier molecular flexibility index (Phi) is 4.66. The van der Waals surface area contributed by atoms with Gasteiger partial charge in [0.05, 0.1) is 10.7 Å². The molecule has 0 heterocycles. The Morgan fingerprint density at radius 2 is 2.10 bits per heavy atom. The molecule has 20 heavy (non-hydrogen) atoms. The van der Waals surface area contributed by atoms with Crippen LogP contribution < -0.4 is 5.32 Å². The number of benzene rings is 1. The number of nitro benzene ring substituents is 1. The van der Waals surface area contributed by atoms with Gasteiger partial charge in [-0.2, -0.15) is 0 Å². The number of para-hydroxylation sites is 1. The zero-order valence-electron chi connectivity index (χ0n) is 10.9. The van der Waals surface area contributed by atoms with Gasteiger partial charge in [-0.05, 0) is 19.1 Å². The predicted octanol–water partition coefficient (Wildman–Crippen LogP) is 1.14. The first-order valence-corrected chi connectivity index (χ1v) is 7.63. The number of hydrogen-bond donors (Lipinski definition) is 2. The largest absolute Gasteiger partial charge is 0.477 e. The number of carbonyl (C=O) groups is 1. The van der Waals surface area contributed by atoms with E-state index >= 15 is 0 Å². The van der Waals surface area contributed by atoms with Gasteiger partial charge in [0.15, 0.2) is 0 Å². The maximum atomic E-state index is 11.2. The van der Waals surface area contributed by atoms with Crippen LogP contribution in [0, 0.1) is 10.1 Å². The normalized spacial score (nSPS) is 12.7. The lowest BCUT2D eigenvalue weighted by atomic mass is 10.1. The summed E-state index contributed by atoms with van der Waals surface area (Å²) in [4.78, 5) is 21.2. The zero-order valence-corrected chi connectivity index (χ0v) is 11.7. The highest BCUT2D eigenvalue weighted by Crippen LogP contribution is 2.29. The second kappa shape index (κ2) is 5.87. The highest BCUT2D eigenvalue weighted by molar-refractivity contribution is 7.90. The van der Waals surface area contributed by atoms with Gasteiger partial charge >= 0.3 is 11.7 Å². The Morgan fingerprint density at radius 3 is 2.55 bits per heavy atom. The van der Waals surface area contributed by atoms with E-state index in [0.717, 1.165) is 12.3 Å². The van der Waals surface area contributed by atoms with Crippen LogP contribution in [0.2, 0.25) is 0 Å². The molecule has 0 aliphatic heterocycles. The van der Waals surface area contributed by atoms with E-state index in [2.05, 4.69) is 5.32 Å². The number of nitrogens with zero attached hydrogens (tertiary/aromatic N) is 1. The van der Waals surface area contributed by atoms with Crippen molar-refractivity contribution < 1.29 is 23.2 Å². The van der Waals surface area contributed by atoms with E-state index in [0.29, 0.717) is 0 Å². The number of carboxylic acid groups (broad SMARTS) is 1. The van der Waals surface area contributed by atoms with E-state index in [1.54, 1.807) is 0 Å². The fourth-order valence-electron chi connectivity index (χ4n) is 1.79. The Balaban J connectivity index is 3.16. The SMILES string of the molecule is CC(CS(C)(=O)=O)Nc1cccc(C(=O)O)c1[N+](=O)[O-]. The fraction of sp³-hybridized carbons (Fsp3) is 0.364. The summed E-state index contributed by atoms with van der Waals surface area (Å²) in [5.74, 6) is -1.64. The molecule has 8 nitrogen and oxygen atoms in total. The lowest BCUT2D eigenvalue weighted by Crippen LogP contribution is -2.25. The second-order valence-corrected chi connectivity index (χ2v) is 6.59. The van der Waals surface area contributed by atoms with Crippen LogP contribution in [0.15, 0.2) is 18.2 Å². The van der Waals surface area contributed by atoms with Crippen molar-refractivity contribution in [1.29, 1.82) is 0 Å². The van der Waals surface area contributed by atoms with E-state index in [4.69, 9.17) is 5.11 Å². The van der Waals surface area contributed by atoms with Crippen LogP contribution in [0.5, 0.6) is 0 Å². The van der Waals surface area contributed by atoms with Gasteiger partial charge in [0, 0.05) is 12.3 Å². The Morgan fingerprint density at radius 1 is 1.50 bits per heavy atom. The maximum Gasteiger partial charge on any atom is 0.342 e. The minimum atomic E-state index is -3.25. The van der Waals surface area contributed by atoms with Gasteiger partial charge in [0.1, 0.15) is 21.1 Å². The summed E-state index contributed by atoms with van der Waals surface area (Å²) in [5.41, 5.74) is -1.06. The molecule has 0 aliphatic rings. The molecule has 1 aromatic rings. The molecule has 0 aromatic heterocycles. The van der Waals surface area contributed by atoms with Crippen LogP contribution in [0.4, 0.5) is 11.4 Å². The molecule has 1 rings (SSSR count). The number of hydrogen-bond acceptors (Lipinski definition) is 6. The fourth-order valence-corrected chi connectivity index (χ4v) is 2.78. The molecular formula is C11H14N2O6S. The average molecular weight is 302 g/mol. The molecule has 0 spiro atoms. The molecule has 0 amide bonds. The summed E-state index contributed by atoms with van der Waals surface area (Å²) in [6.07, 6.45) is 1.05. The molecule has 1 unspecified atom stereocenters. The van der Waals surface area contributed by atoms with Gasteiger partial charge < -0.3 is 10.4 Å². The van der Waals surface area contributed by atoms with Crippen LogP contribution in [-0.2, 0) is 9.84 Å². The highest BCUT2D eigenvalue weighted by atomic mass is 32.2. The summed E-state index contributed by atoms with van der Waals surface area (Å²) in [6, 6.07) is 3.22. The van der Waals surface area contributed by atoms with Crippen molar-refractivity contribution in [3.05, 3.63) is 33.9 Å². The van der Waals surface area contributed by atoms with E-state index < -0.39 is 38.0 Å². The lowest BCUT2D eigenvalue weighted by molar-refractivity contribution is -0.384. The van der Waals surface area contributed by atoms with Gasteiger partial charge in [-0.15, -0.1) is 0 Å². The van der Waals surface area contributed by atoms with E-state index in [9.17, 15) is 23.3 Å². The number of carboxylic acids is 1. The molecule has 2 N–H and O–H groups in total. The van der Waals surface area contributed by atoms with E-state index in [1.807, 2.05) is 0 Å². The molecule has 110 valence electrons. The molecular weight excluding hydrogens is 288 g/mol. The number of nitro groups is 1. The monoisotopic (exact) mass is 302 g/mol. The topological polar surface area (TPSA) is 127 Å².